The summed E-state index contributed by atoms with van der Waals surface area (Å²) < 4.78 is 37.0. The molecule has 9 heteroatoms. The molecule has 0 radical (unpaired) electrons. The average molecular weight is 290 g/mol. The second-order valence-corrected chi connectivity index (χ2v) is 4.68. The Kier molecular flexibility index (Phi) is 4.46. The van der Waals surface area contributed by atoms with Gasteiger partial charge in [0.15, 0.2) is 5.96 Å². The molecule has 0 amide bonds. The Morgan fingerprint density at radius 1 is 1.25 bits per heavy atom. The minimum absolute atomic E-state index is 0.0363. The van der Waals surface area contributed by atoms with Gasteiger partial charge in [0, 0.05) is 13.1 Å². The molecule has 0 bridgehead atoms. The number of nitrogens with one attached hydrogen (secondary N) is 1. The number of alkyl halides is 3. The second kappa shape index (κ2) is 6.10. The van der Waals surface area contributed by atoms with Crippen LogP contribution in [0.15, 0.2) is 4.99 Å². The van der Waals surface area contributed by atoms with Crippen molar-refractivity contribution in [3.63, 3.8) is 0 Å². The molecule has 20 heavy (non-hydrogen) atoms. The van der Waals surface area contributed by atoms with Crippen molar-refractivity contribution in [3.8, 4) is 0 Å². The van der Waals surface area contributed by atoms with Gasteiger partial charge in [-0.2, -0.15) is 13.2 Å². The molecule has 1 aromatic rings. The van der Waals surface area contributed by atoms with Gasteiger partial charge in [0.05, 0.1) is 0 Å². The van der Waals surface area contributed by atoms with Crippen molar-refractivity contribution in [1.29, 1.82) is 0 Å². The van der Waals surface area contributed by atoms with Gasteiger partial charge < -0.3 is 10.6 Å². The van der Waals surface area contributed by atoms with Crippen molar-refractivity contribution in [1.82, 2.24) is 20.1 Å². The molecule has 0 saturated carbocycles. The summed E-state index contributed by atoms with van der Waals surface area (Å²) in [6.07, 6.45) is -0.107. The van der Waals surface area contributed by atoms with E-state index in [9.17, 15) is 13.2 Å². The fourth-order valence-corrected chi connectivity index (χ4v) is 2.05. The predicted octanol–water partition coefficient (Wildman–Crippen LogP) is 1.51. The third kappa shape index (κ3) is 3.84. The van der Waals surface area contributed by atoms with Crippen LogP contribution in [0.1, 0.15) is 37.3 Å². The van der Waals surface area contributed by atoms with E-state index in [1.165, 1.54) is 12.8 Å². The summed E-state index contributed by atoms with van der Waals surface area (Å²) in [7, 11) is 0. The predicted molar refractivity (Wildman–Crippen MR) is 66.8 cm³/mol. The molecule has 1 aliphatic rings. The molecule has 3 N–H and O–H groups in total. The molecule has 1 aromatic heterocycles. The number of aliphatic imine (C=N–C) groups is 1. The van der Waals surface area contributed by atoms with Crippen LogP contribution < -0.4 is 5.73 Å². The zero-order chi connectivity index (χ0) is 14.6. The SMILES string of the molecule is NC(=NCc1nc(C(F)(F)F)n[nH]1)N1CCCCCC1. The summed E-state index contributed by atoms with van der Waals surface area (Å²) in [4.78, 5) is 9.37. The van der Waals surface area contributed by atoms with E-state index in [1.807, 2.05) is 4.90 Å². The van der Waals surface area contributed by atoms with Crippen LogP contribution in [0.3, 0.4) is 0 Å². The minimum atomic E-state index is -4.55. The Bertz CT molecular complexity index is 459. The lowest BCUT2D eigenvalue weighted by atomic mass is 10.2. The highest BCUT2D eigenvalue weighted by Gasteiger charge is 2.35. The maximum Gasteiger partial charge on any atom is 0.453 e. The Morgan fingerprint density at radius 2 is 1.90 bits per heavy atom. The van der Waals surface area contributed by atoms with E-state index in [1.54, 1.807) is 0 Å². The van der Waals surface area contributed by atoms with E-state index >= 15 is 0 Å². The van der Waals surface area contributed by atoms with Crippen molar-refractivity contribution in [2.24, 2.45) is 10.7 Å². The van der Waals surface area contributed by atoms with E-state index in [-0.39, 0.29) is 12.4 Å². The van der Waals surface area contributed by atoms with Crippen LogP contribution in [-0.2, 0) is 12.7 Å². The summed E-state index contributed by atoms with van der Waals surface area (Å²) in [6, 6.07) is 0. The number of guanidine groups is 1. The van der Waals surface area contributed by atoms with Crippen molar-refractivity contribution < 1.29 is 13.2 Å². The van der Waals surface area contributed by atoms with Crippen molar-refractivity contribution in [2.75, 3.05) is 13.1 Å². The number of H-pyrrole nitrogens is 1. The lowest BCUT2D eigenvalue weighted by Crippen LogP contribution is -2.38. The van der Waals surface area contributed by atoms with E-state index in [4.69, 9.17) is 5.73 Å². The lowest BCUT2D eigenvalue weighted by molar-refractivity contribution is -0.144. The zero-order valence-corrected chi connectivity index (χ0v) is 10.9. The highest BCUT2D eigenvalue weighted by Crippen LogP contribution is 2.25. The number of hydrogen-bond acceptors (Lipinski definition) is 3. The number of halogens is 3. The summed E-state index contributed by atoms with van der Waals surface area (Å²) in [5, 5.41) is 5.33. The van der Waals surface area contributed by atoms with Gasteiger partial charge in [-0.25, -0.2) is 9.98 Å². The van der Waals surface area contributed by atoms with Gasteiger partial charge in [-0.3, -0.25) is 5.10 Å². The largest absolute Gasteiger partial charge is 0.453 e. The number of hydrogen-bond donors (Lipinski definition) is 2. The van der Waals surface area contributed by atoms with Gasteiger partial charge in [-0.1, -0.05) is 12.8 Å². The summed E-state index contributed by atoms with van der Waals surface area (Å²) in [6.45, 7) is 1.63. The second-order valence-electron chi connectivity index (χ2n) is 4.68. The van der Waals surface area contributed by atoms with Gasteiger partial charge in [-0.15, -0.1) is 5.10 Å². The van der Waals surface area contributed by atoms with E-state index < -0.39 is 12.0 Å². The van der Waals surface area contributed by atoms with Crippen LogP contribution >= 0.6 is 0 Å². The lowest BCUT2D eigenvalue weighted by Gasteiger charge is -2.20. The Morgan fingerprint density at radius 3 is 2.45 bits per heavy atom. The number of aromatic amines is 1. The highest BCUT2D eigenvalue weighted by molar-refractivity contribution is 5.78. The van der Waals surface area contributed by atoms with Gasteiger partial charge in [0.1, 0.15) is 12.4 Å². The van der Waals surface area contributed by atoms with Gasteiger partial charge >= 0.3 is 6.18 Å². The molecule has 0 aromatic carbocycles. The van der Waals surface area contributed by atoms with Crippen molar-refractivity contribution >= 4 is 5.96 Å². The first kappa shape index (κ1) is 14.6. The Labute approximate surface area is 114 Å². The molecule has 1 saturated heterocycles. The van der Waals surface area contributed by atoms with E-state index in [2.05, 4.69) is 20.2 Å². The first-order chi connectivity index (χ1) is 9.47. The first-order valence-electron chi connectivity index (χ1n) is 6.50. The maximum atomic E-state index is 12.3. The third-order valence-corrected chi connectivity index (χ3v) is 3.11. The fourth-order valence-electron chi connectivity index (χ4n) is 2.05. The highest BCUT2D eigenvalue weighted by atomic mass is 19.4. The zero-order valence-electron chi connectivity index (χ0n) is 10.9. The minimum Gasteiger partial charge on any atom is -0.370 e. The van der Waals surface area contributed by atoms with E-state index in [0.29, 0.717) is 5.96 Å². The Hall–Kier alpha value is -1.80. The number of likely N-dealkylation sites (tertiary alicyclic amines) is 1. The maximum absolute atomic E-state index is 12.3. The molecular formula is C11H17F3N6. The van der Waals surface area contributed by atoms with Crippen LogP contribution in [0.2, 0.25) is 0 Å². The fraction of sp³-hybridized carbons (Fsp3) is 0.727. The monoisotopic (exact) mass is 290 g/mol. The molecule has 2 rings (SSSR count). The van der Waals surface area contributed by atoms with Gasteiger partial charge in [0.25, 0.3) is 5.82 Å². The molecule has 112 valence electrons. The molecule has 2 heterocycles. The van der Waals surface area contributed by atoms with Crippen LogP contribution in [0.25, 0.3) is 0 Å². The molecular weight excluding hydrogens is 273 g/mol. The van der Waals surface area contributed by atoms with Crippen LogP contribution in [0.4, 0.5) is 13.2 Å². The van der Waals surface area contributed by atoms with Gasteiger partial charge in [0.2, 0.25) is 0 Å². The molecule has 0 spiro atoms. The quantitative estimate of drug-likeness (QED) is 0.639. The summed E-state index contributed by atoms with van der Waals surface area (Å²) >= 11 is 0. The number of rotatable bonds is 2. The molecule has 0 unspecified atom stereocenters. The average Bonchev–Trinajstić information content (AvgIpc) is 2.70. The number of aromatic nitrogens is 3. The van der Waals surface area contributed by atoms with Crippen LogP contribution in [-0.4, -0.2) is 39.1 Å². The van der Waals surface area contributed by atoms with Crippen LogP contribution in [0.5, 0.6) is 0 Å². The Balaban J connectivity index is 1.95. The number of nitrogens with zero attached hydrogens (tertiary/aromatic N) is 4. The molecule has 1 aliphatic heterocycles. The number of nitrogens with two attached hydrogens (primary N) is 1. The van der Waals surface area contributed by atoms with E-state index in [0.717, 1.165) is 25.9 Å². The topological polar surface area (TPSA) is 83.2 Å². The molecule has 0 aliphatic carbocycles. The third-order valence-electron chi connectivity index (χ3n) is 3.11. The normalized spacial score (nSPS) is 18.1. The van der Waals surface area contributed by atoms with Crippen molar-refractivity contribution in [2.45, 2.75) is 38.4 Å². The summed E-state index contributed by atoms with van der Waals surface area (Å²) in [5.74, 6) is -0.789. The summed E-state index contributed by atoms with van der Waals surface area (Å²) in [5.41, 5.74) is 5.85. The molecule has 1 fully saturated rings. The standard InChI is InChI=1S/C11H17F3N6/c12-11(13,14)9-17-8(18-19-9)7-16-10(15)20-5-3-1-2-4-6-20/h1-7H2,(H2,15,16)(H,17,18,19). The first-order valence-corrected chi connectivity index (χ1v) is 6.50. The van der Waals surface area contributed by atoms with Crippen molar-refractivity contribution in [3.05, 3.63) is 11.6 Å². The molecule has 0 atom stereocenters. The van der Waals surface area contributed by atoms with Gasteiger partial charge in [-0.05, 0) is 12.8 Å². The van der Waals surface area contributed by atoms with Crippen LogP contribution in [0, 0.1) is 0 Å². The molecule has 6 nitrogen and oxygen atoms in total. The smallest absolute Gasteiger partial charge is 0.370 e.